The number of hydrogen-bond donors (Lipinski definition) is 2. The van der Waals surface area contributed by atoms with Crippen molar-refractivity contribution in [3.8, 4) is 0 Å². The summed E-state index contributed by atoms with van der Waals surface area (Å²) in [4.78, 5) is 12.1. The van der Waals surface area contributed by atoms with Gasteiger partial charge in [0.15, 0.2) is 0 Å². The van der Waals surface area contributed by atoms with Gasteiger partial charge in [-0.05, 0) is 49.1 Å². The highest BCUT2D eigenvalue weighted by Crippen LogP contribution is 2.26. The summed E-state index contributed by atoms with van der Waals surface area (Å²) in [5, 5.41) is 6.43. The molecule has 1 saturated carbocycles. The Hall–Kier alpha value is -1.06. The van der Waals surface area contributed by atoms with E-state index in [0.717, 1.165) is 38.0 Å². The predicted molar refractivity (Wildman–Crippen MR) is 79.7 cm³/mol. The van der Waals surface area contributed by atoms with Crippen LogP contribution in [0.1, 0.15) is 36.8 Å². The summed E-state index contributed by atoms with van der Waals surface area (Å²) in [6, 6.07) is 6.31. The number of carbonyl (C=O) groups is 1. The van der Waals surface area contributed by atoms with Crippen LogP contribution in [0.5, 0.6) is 0 Å². The molecule has 0 radical (unpaired) electrons. The molecule has 3 nitrogen and oxygen atoms in total. The van der Waals surface area contributed by atoms with Crippen molar-refractivity contribution < 1.29 is 4.79 Å². The average Bonchev–Trinajstić information content (AvgIpc) is 2.92. The third-order valence-electron chi connectivity index (χ3n) is 4.09. The average molecular weight is 281 g/mol. The van der Waals surface area contributed by atoms with Gasteiger partial charge in [0.1, 0.15) is 0 Å². The summed E-state index contributed by atoms with van der Waals surface area (Å²) in [6.45, 7) is 1.98. The number of amides is 1. The van der Waals surface area contributed by atoms with E-state index in [2.05, 4.69) is 22.8 Å². The highest BCUT2D eigenvalue weighted by atomic mass is 35.5. The third-order valence-corrected chi connectivity index (χ3v) is 4.09. The van der Waals surface area contributed by atoms with Crippen LogP contribution in [0.15, 0.2) is 18.2 Å². The number of nitrogens with one attached hydrogen (secondary N) is 2. The van der Waals surface area contributed by atoms with Crippen molar-refractivity contribution in [2.24, 2.45) is 5.92 Å². The van der Waals surface area contributed by atoms with Crippen LogP contribution < -0.4 is 10.6 Å². The number of halogens is 1. The second kappa shape index (κ2) is 6.40. The van der Waals surface area contributed by atoms with Crippen molar-refractivity contribution in [3.63, 3.8) is 0 Å². The Kier molecular flexibility index (Phi) is 4.83. The molecule has 1 fully saturated rings. The van der Waals surface area contributed by atoms with Crippen molar-refractivity contribution in [1.29, 1.82) is 0 Å². The molecule has 0 spiro atoms. The first kappa shape index (κ1) is 14.4. The molecule has 104 valence electrons. The van der Waals surface area contributed by atoms with Crippen LogP contribution in [0, 0.1) is 5.92 Å². The van der Waals surface area contributed by atoms with E-state index in [1.54, 1.807) is 0 Å². The molecule has 0 unspecified atom stereocenters. The van der Waals surface area contributed by atoms with Gasteiger partial charge in [0.05, 0.1) is 0 Å². The second-order valence-electron chi connectivity index (χ2n) is 5.38. The molecule has 1 aromatic carbocycles. The highest BCUT2D eigenvalue weighted by molar-refractivity contribution is 5.92. The molecule has 4 heteroatoms. The van der Waals surface area contributed by atoms with Crippen LogP contribution in [-0.4, -0.2) is 12.5 Å². The molecule has 0 aromatic heterocycles. The van der Waals surface area contributed by atoms with Gasteiger partial charge in [0, 0.05) is 18.2 Å². The first-order valence-electron chi connectivity index (χ1n) is 6.96. The molecule has 1 amide bonds. The molecule has 0 saturated heterocycles. The molecular weight excluding hydrogens is 260 g/mol. The molecule has 2 N–H and O–H groups in total. The predicted octanol–water partition coefficient (Wildman–Crippen LogP) is 2.88. The summed E-state index contributed by atoms with van der Waals surface area (Å²) in [5.74, 6) is 0.440. The van der Waals surface area contributed by atoms with E-state index in [-0.39, 0.29) is 24.2 Å². The van der Waals surface area contributed by atoms with Crippen molar-refractivity contribution in [2.75, 3.05) is 11.9 Å². The lowest BCUT2D eigenvalue weighted by Gasteiger charge is -2.18. The van der Waals surface area contributed by atoms with E-state index in [0.29, 0.717) is 0 Å². The minimum absolute atomic E-state index is 0. The molecule has 1 aromatic rings. The van der Waals surface area contributed by atoms with Gasteiger partial charge in [0.2, 0.25) is 5.91 Å². The molecule has 1 heterocycles. The van der Waals surface area contributed by atoms with E-state index in [4.69, 9.17) is 0 Å². The van der Waals surface area contributed by atoms with Gasteiger partial charge in [-0.2, -0.15) is 0 Å². The molecule has 1 aliphatic heterocycles. The number of anilines is 1. The Morgan fingerprint density at radius 2 is 2.00 bits per heavy atom. The first-order chi connectivity index (χ1) is 8.83. The van der Waals surface area contributed by atoms with E-state index in [1.165, 1.54) is 24.0 Å². The summed E-state index contributed by atoms with van der Waals surface area (Å²) < 4.78 is 0. The van der Waals surface area contributed by atoms with Gasteiger partial charge in [-0.1, -0.05) is 18.9 Å². The summed E-state index contributed by atoms with van der Waals surface area (Å²) in [6.07, 6.45) is 5.60. The van der Waals surface area contributed by atoms with Crippen molar-refractivity contribution in [1.82, 2.24) is 5.32 Å². The number of carbonyl (C=O) groups excluding carboxylic acids is 1. The topological polar surface area (TPSA) is 41.1 Å². The van der Waals surface area contributed by atoms with Gasteiger partial charge < -0.3 is 10.6 Å². The lowest BCUT2D eigenvalue weighted by Crippen LogP contribution is -2.24. The van der Waals surface area contributed by atoms with E-state index in [9.17, 15) is 4.79 Å². The summed E-state index contributed by atoms with van der Waals surface area (Å²) in [7, 11) is 0. The van der Waals surface area contributed by atoms with Crippen molar-refractivity contribution >= 4 is 24.0 Å². The molecule has 19 heavy (non-hydrogen) atoms. The number of hydrogen-bond acceptors (Lipinski definition) is 2. The largest absolute Gasteiger partial charge is 0.326 e. The number of rotatable bonds is 2. The molecule has 0 atom stereocenters. The lowest BCUT2D eigenvalue weighted by molar-refractivity contribution is -0.119. The van der Waals surface area contributed by atoms with Gasteiger partial charge in [-0.25, -0.2) is 0 Å². The molecule has 0 bridgehead atoms. The highest BCUT2D eigenvalue weighted by Gasteiger charge is 2.22. The zero-order valence-corrected chi connectivity index (χ0v) is 11.9. The van der Waals surface area contributed by atoms with Crippen molar-refractivity contribution in [3.05, 3.63) is 29.3 Å². The van der Waals surface area contributed by atoms with Crippen LogP contribution >= 0.6 is 12.4 Å². The maximum absolute atomic E-state index is 12.1. The quantitative estimate of drug-likeness (QED) is 0.875. The zero-order chi connectivity index (χ0) is 12.4. The van der Waals surface area contributed by atoms with E-state index < -0.39 is 0 Å². The fourth-order valence-electron chi connectivity index (χ4n) is 2.99. The molecule has 2 aliphatic rings. The van der Waals surface area contributed by atoms with Crippen molar-refractivity contribution in [2.45, 2.75) is 38.6 Å². The van der Waals surface area contributed by atoms with Crippen LogP contribution in [0.4, 0.5) is 5.69 Å². The normalized spacial score (nSPS) is 18.5. The lowest BCUT2D eigenvalue weighted by atomic mass is 10.00. The SMILES string of the molecule is Cl.O=C(Nc1ccc2c(c1)CNCC2)C1CCCC1. The molecule has 1 aliphatic carbocycles. The zero-order valence-electron chi connectivity index (χ0n) is 11.1. The Morgan fingerprint density at radius 1 is 1.21 bits per heavy atom. The maximum Gasteiger partial charge on any atom is 0.227 e. The van der Waals surface area contributed by atoms with Gasteiger partial charge >= 0.3 is 0 Å². The van der Waals surface area contributed by atoms with Crippen LogP contribution in [0.25, 0.3) is 0 Å². The fraction of sp³-hybridized carbons (Fsp3) is 0.533. The van der Waals surface area contributed by atoms with Gasteiger partial charge in [-0.15, -0.1) is 12.4 Å². The van der Waals surface area contributed by atoms with Crippen LogP contribution in [0.2, 0.25) is 0 Å². The second-order valence-corrected chi connectivity index (χ2v) is 5.38. The first-order valence-corrected chi connectivity index (χ1v) is 6.96. The van der Waals surface area contributed by atoms with Gasteiger partial charge in [0.25, 0.3) is 0 Å². The summed E-state index contributed by atoms with van der Waals surface area (Å²) >= 11 is 0. The molecule has 3 rings (SSSR count). The Bertz CT molecular complexity index is 455. The smallest absolute Gasteiger partial charge is 0.227 e. The minimum atomic E-state index is 0. The number of benzene rings is 1. The van der Waals surface area contributed by atoms with Crippen LogP contribution in [0.3, 0.4) is 0 Å². The van der Waals surface area contributed by atoms with E-state index >= 15 is 0 Å². The van der Waals surface area contributed by atoms with E-state index in [1.807, 2.05) is 6.07 Å². The number of fused-ring (bicyclic) bond motifs is 1. The monoisotopic (exact) mass is 280 g/mol. The third kappa shape index (κ3) is 3.28. The Morgan fingerprint density at radius 3 is 2.79 bits per heavy atom. The Balaban J connectivity index is 0.00000133. The minimum Gasteiger partial charge on any atom is -0.326 e. The maximum atomic E-state index is 12.1. The Labute approximate surface area is 120 Å². The molecular formula is C15H21ClN2O. The summed E-state index contributed by atoms with van der Waals surface area (Å²) in [5.41, 5.74) is 3.69. The standard InChI is InChI=1S/C15H20N2O.ClH/c18-15(12-3-1-2-4-12)17-14-6-5-11-7-8-16-10-13(11)9-14;/h5-6,9,12,16H,1-4,7-8,10H2,(H,17,18);1H. The van der Waals surface area contributed by atoms with Crippen LogP contribution in [-0.2, 0) is 17.8 Å². The van der Waals surface area contributed by atoms with Gasteiger partial charge in [-0.3, -0.25) is 4.79 Å². The fourth-order valence-corrected chi connectivity index (χ4v) is 2.99.